The normalized spacial score (nSPS) is 15.5. The summed E-state index contributed by atoms with van der Waals surface area (Å²) in [5.74, 6) is 0.553. The van der Waals surface area contributed by atoms with E-state index in [1.807, 2.05) is 12.1 Å². The summed E-state index contributed by atoms with van der Waals surface area (Å²) < 4.78 is 2.50. The molecule has 3 aromatic carbocycles. The van der Waals surface area contributed by atoms with E-state index < -0.39 is 0 Å². The number of fused-ring (bicyclic) bond motifs is 3. The van der Waals surface area contributed by atoms with Gasteiger partial charge in [0.25, 0.3) is 0 Å². The zero-order valence-corrected chi connectivity index (χ0v) is 22.9. The third kappa shape index (κ3) is 5.14. The predicted octanol–water partition coefficient (Wildman–Crippen LogP) is 9.03. The summed E-state index contributed by atoms with van der Waals surface area (Å²) in [5, 5.41) is 10.5. The highest BCUT2D eigenvalue weighted by molar-refractivity contribution is 5.93. The van der Waals surface area contributed by atoms with Crippen LogP contribution >= 0.6 is 0 Å². The highest BCUT2D eigenvalue weighted by Gasteiger charge is 2.27. The van der Waals surface area contributed by atoms with Crippen molar-refractivity contribution in [2.45, 2.75) is 65.7 Å². The number of allylic oxidation sites excluding steroid dienone is 1. The van der Waals surface area contributed by atoms with Gasteiger partial charge in [-0.3, -0.25) is 0 Å². The molecule has 2 nitrogen and oxygen atoms in total. The van der Waals surface area contributed by atoms with Gasteiger partial charge in [0.2, 0.25) is 0 Å². The fraction of sp³-hybridized carbons (Fsp3) is 0.343. The number of rotatable bonds is 7. The first-order chi connectivity index (χ1) is 17.7. The molecular formula is C35H38N2. The second-order valence-electron chi connectivity index (χ2n) is 12.3. The van der Waals surface area contributed by atoms with E-state index in [9.17, 15) is 0 Å². The molecule has 2 heteroatoms. The van der Waals surface area contributed by atoms with Crippen molar-refractivity contribution in [3.05, 3.63) is 107 Å². The highest BCUT2D eigenvalue weighted by atomic mass is 15.0. The van der Waals surface area contributed by atoms with Crippen LogP contribution in [0.2, 0.25) is 0 Å². The van der Waals surface area contributed by atoms with Gasteiger partial charge in [-0.1, -0.05) is 89.2 Å². The van der Waals surface area contributed by atoms with Gasteiger partial charge in [-0.2, -0.15) is 5.26 Å². The lowest BCUT2D eigenvalue weighted by Crippen LogP contribution is -2.23. The fourth-order valence-corrected chi connectivity index (χ4v) is 5.85. The van der Waals surface area contributed by atoms with E-state index in [4.69, 9.17) is 5.26 Å². The minimum absolute atomic E-state index is 0.0688. The van der Waals surface area contributed by atoms with Gasteiger partial charge in [0.15, 0.2) is 0 Å². The fourth-order valence-electron chi connectivity index (χ4n) is 5.85. The van der Waals surface area contributed by atoms with E-state index >= 15 is 0 Å². The molecule has 0 fully saturated rings. The third-order valence-corrected chi connectivity index (χ3v) is 8.20. The van der Waals surface area contributed by atoms with Crippen LogP contribution in [0.15, 0.2) is 78.9 Å². The molecule has 0 spiro atoms. The van der Waals surface area contributed by atoms with Gasteiger partial charge in [-0.15, -0.1) is 0 Å². The Labute approximate surface area is 222 Å². The topological polar surface area (TPSA) is 28.7 Å². The Morgan fingerprint density at radius 3 is 2.35 bits per heavy atom. The second-order valence-corrected chi connectivity index (χ2v) is 12.3. The first kappa shape index (κ1) is 25.1. The van der Waals surface area contributed by atoms with Crippen molar-refractivity contribution in [1.29, 1.82) is 5.26 Å². The zero-order chi connectivity index (χ0) is 26.2. The number of nitriles is 1. The van der Waals surface area contributed by atoms with Gasteiger partial charge in [0.1, 0.15) is 0 Å². The van der Waals surface area contributed by atoms with Crippen LogP contribution in [0, 0.1) is 22.7 Å². The molecule has 0 amide bonds. The lowest BCUT2D eigenvalue weighted by atomic mass is 9.73. The first-order valence-electron chi connectivity index (χ1n) is 13.6. The van der Waals surface area contributed by atoms with Crippen LogP contribution in [0.1, 0.15) is 75.4 Å². The summed E-state index contributed by atoms with van der Waals surface area (Å²) in [6, 6.07) is 28.3. The van der Waals surface area contributed by atoms with Gasteiger partial charge < -0.3 is 4.57 Å². The van der Waals surface area contributed by atoms with E-state index in [0.717, 1.165) is 31.2 Å². The Morgan fingerprint density at radius 1 is 0.919 bits per heavy atom. The monoisotopic (exact) mass is 486 g/mol. The predicted molar refractivity (Wildman–Crippen MR) is 156 cm³/mol. The molecule has 1 aliphatic carbocycles. The van der Waals surface area contributed by atoms with Crippen molar-refractivity contribution in [2.75, 3.05) is 0 Å². The van der Waals surface area contributed by atoms with Gasteiger partial charge in [0.05, 0.1) is 17.1 Å². The van der Waals surface area contributed by atoms with E-state index in [0.29, 0.717) is 5.92 Å². The van der Waals surface area contributed by atoms with Crippen LogP contribution < -0.4 is 0 Å². The van der Waals surface area contributed by atoms with Crippen LogP contribution in [0.25, 0.3) is 22.7 Å². The van der Waals surface area contributed by atoms with Crippen LogP contribution in [-0.2, 0) is 18.3 Å². The van der Waals surface area contributed by atoms with Gasteiger partial charge in [-0.05, 0) is 83.9 Å². The molecule has 1 heterocycles. The number of hydrogen-bond acceptors (Lipinski definition) is 1. The number of hydrogen-bond donors (Lipinski definition) is 0. The summed E-state index contributed by atoms with van der Waals surface area (Å²) in [4.78, 5) is 0. The second kappa shape index (κ2) is 9.71. The molecule has 1 aromatic heterocycles. The summed E-state index contributed by atoms with van der Waals surface area (Å²) in [7, 11) is 0. The van der Waals surface area contributed by atoms with E-state index in [2.05, 4.69) is 118 Å². The van der Waals surface area contributed by atoms with Crippen molar-refractivity contribution < 1.29 is 0 Å². The average Bonchev–Trinajstić information content (AvgIpc) is 3.20. The van der Waals surface area contributed by atoms with Crippen molar-refractivity contribution in [2.24, 2.45) is 11.3 Å². The van der Waals surface area contributed by atoms with E-state index in [-0.39, 0.29) is 10.8 Å². The number of benzene rings is 3. The maximum atomic E-state index is 9.13. The number of para-hydroxylation sites is 1. The minimum Gasteiger partial charge on any atom is -0.313 e. The quantitative estimate of drug-likeness (QED) is 0.256. The Hall–Kier alpha value is -3.57. The largest absolute Gasteiger partial charge is 0.313 e. The van der Waals surface area contributed by atoms with Gasteiger partial charge >= 0.3 is 0 Å². The average molecular weight is 487 g/mol. The summed E-state index contributed by atoms with van der Waals surface area (Å²) in [5.41, 5.74) is 9.05. The molecule has 188 valence electrons. The molecule has 0 N–H and O–H groups in total. The minimum atomic E-state index is 0.0688. The van der Waals surface area contributed by atoms with Crippen molar-refractivity contribution in [3.63, 3.8) is 0 Å². The molecular weight excluding hydrogens is 448 g/mol. The Bertz CT molecular complexity index is 1470. The molecule has 1 aliphatic rings. The molecule has 1 atom stereocenters. The maximum Gasteiger partial charge on any atom is 0.0991 e. The molecule has 1 unspecified atom stereocenters. The first-order valence-corrected chi connectivity index (χ1v) is 13.6. The van der Waals surface area contributed by atoms with E-state index in [1.54, 1.807) is 0 Å². The number of aromatic nitrogens is 1. The van der Waals surface area contributed by atoms with Crippen molar-refractivity contribution in [3.8, 4) is 11.8 Å². The Kier molecular flexibility index (Phi) is 6.59. The van der Waals surface area contributed by atoms with Gasteiger partial charge in [0, 0.05) is 22.3 Å². The molecule has 0 saturated heterocycles. The van der Waals surface area contributed by atoms with Crippen LogP contribution in [0.4, 0.5) is 0 Å². The molecule has 0 radical (unpaired) electrons. The molecule has 4 aromatic rings. The van der Waals surface area contributed by atoms with E-state index in [1.165, 1.54) is 39.0 Å². The zero-order valence-electron chi connectivity index (χ0n) is 22.9. The summed E-state index contributed by atoms with van der Waals surface area (Å²) in [6.07, 6.45) is 9.04. The smallest absolute Gasteiger partial charge is 0.0991 e. The number of nitrogens with zero attached hydrogens (tertiary/aromatic N) is 2. The lowest BCUT2D eigenvalue weighted by molar-refractivity contribution is 0.285. The molecule has 0 saturated carbocycles. The maximum absolute atomic E-state index is 9.13. The molecule has 37 heavy (non-hydrogen) atoms. The van der Waals surface area contributed by atoms with Crippen LogP contribution in [0.3, 0.4) is 0 Å². The summed E-state index contributed by atoms with van der Waals surface area (Å²) >= 11 is 0. The lowest BCUT2D eigenvalue weighted by Gasteiger charge is -2.32. The van der Waals surface area contributed by atoms with Crippen molar-refractivity contribution in [1.82, 2.24) is 4.57 Å². The molecule has 0 bridgehead atoms. The molecule has 5 rings (SSSR count). The Balaban J connectivity index is 1.42. The third-order valence-electron chi connectivity index (χ3n) is 8.20. The van der Waals surface area contributed by atoms with Gasteiger partial charge in [-0.25, -0.2) is 0 Å². The van der Waals surface area contributed by atoms with Crippen molar-refractivity contribution >= 4 is 17.0 Å². The SMILES string of the molecule is CC1C=Cc2c(n(-c3ccccc3)c3cc(CC(C)(C)CCC(C)(C)c4ccc(C#N)cc4)ccc23)C1. The summed E-state index contributed by atoms with van der Waals surface area (Å²) in [6.45, 7) is 11.7. The molecule has 0 aliphatic heterocycles. The Morgan fingerprint density at radius 2 is 1.65 bits per heavy atom. The van der Waals surface area contributed by atoms with Crippen LogP contribution in [-0.4, -0.2) is 4.57 Å². The highest BCUT2D eigenvalue weighted by Crippen LogP contribution is 2.39. The standard InChI is InChI=1S/C35H38N2/c1-25-11-17-30-31-18-14-27(22-33(31)37(32(30)21-25)29-9-7-6-8-10-29)23-34(2,3)19-20-35(4,5)28-15-12-26(24-36)13-16-28/h6-18,22,25H,19-21,23H2,1-5H3. The van der Waals surface area contributed by atoms with Crippen LogP contribution in [0.5, 0.6) is 0 Å².